The van der Waals surface area contributed by atoms with E-state index in [2.05, 4.69) is 15.6 Å². The SMILES string of the molecule is Cc1ncsc1CNC(=O)NC(CO)c1ccccc1. The fourth-order valence-electron chi connectivity index (χ4n) is 1.79. The number of thiazole rings is 1. The maximum atomic E-state index is 11.8. The number of hydrogen-bond acceptors (Lipinski definition) is 4. The molecule has 0 spiro atoms. The van der Waals surface area contributed by atoms with Crippen molar-refractivity contribution in [3.8, 4) is 0 Å². The minimum atomic E-state index is -0.404. The number of rotatable bonds is 5. The molecule has 2 rings (SSSR count). The highest BCUT2D eigenvalue weighted by atomic mass is 32.1. The van der Waals surface area contributed by atoms with Crippen LogP contribution in [0.3, 0.4) is 0 Å². The van der Waals surface area contributed by atoms with Gasteiger partial charge in [-0.3, -0.25) is 0 Å². The average molecular weight is 291 g/mol. The molecule has 0 bridgehead atoms. The lowest BCUT2D eigenvalue weighted by atomic mass is 10.1. The Morgan fingerprint density at radius 1 is 1.40 bits per heavy atom. The number of aryl methyl sites for hydroxylation is 1. The van der Waals surface area contributed by atoms with Crippen LogP contribution in [0.4, 0.5) is 4.79 Å². The fourth-order valence-corrected chi connectivity index (χ4v) is 2.50. The molecule has 2 amide bonds. The van der Waals surface area contributed by atoms with E-state index in [9.17, 15) is 9.90 Å². The molecule has 0 saturated carbocycles. The number of hydrogen-bond donors (Lipinski definition) is 3. The number of aromatic nitrogens is 1. The Morgan fingerprint density at radius 3 is 2.75 bits per heavy atom. The van der Waals surface area contributed by atoms with Crippen LogP contribution in [0, 0.1) is 6.92 Å². The summed E-state index contributed by atoms with van der Waals surface area (Å²) in [6.07, 6.45) is 0. The number of carbonyl (C=O) groups excluding carboxylic acids is 1. The van der Waals surface area contributed by atoms with Crippen molar-refractivity contribution in [2.45, 2.75) is 19.5 Å². The van der Waals surface area contributed by atoms with E-state index in [1.165, 1.54) is 11.3 Å². The van der Waals surface area contributed by atoms with Gasteiger partial charge in [-0.05, 0) is 12.5 Å². The number of amides is 2. The maximum Gasteiger partial charge on any atom is 0.315 e. The molecule has 20 heavy (non-hydrogen) atoms. The van der Waals surface area contributed by atoms with E-state index in [1.54, 1.807) is 5.51 Å². The summed E-state index contributed by atoms with van der Waals surface area (Å²) in [6.45, 7) is 2.21. The van der Waals surface area contributed by atoms with Crippen LogP contribution >= 0.6 is 11.3 Å². The molecule has 0 radical (unpaired) electrons. The summed E-state index contributed by atoms with van der Waals surface area (Å²) in [6, 6.07) is 8.67. The zero-order valence-corrected chi connectivity index (χ0v) is 12.0. The van der Waals surface area contributed by atoms with Gasteiger partial charge in [0.1, 0.15) is 0 Å². The Morgan fingerprint density at radius 2 is 2.15 bits per heavy atom. The summed E-state index contributed by atoms with van der Waals surface area (Å²) in [7, 11) is 0. The topological polar surface area (TPSA) is 74.2 Å². The van der Waals surface area contributed by atoms with E-state index >= 15 is 0 Å². The molecule has 5 nitrogen and oxygen atoms in total. The Kier molecular flexibility index (Phi) is 5.09. The van der Waals surface area contributed by atoms with Gasteiger partial charge in [0.15, 0.2) is 0 Å². The molecule has 1 aromatic heterocycles. The van der Waals surface area contributed by atoms with Gasteiger partial charge in [-0.15, -0.1) is 11.3 Å². The van der Waals surface area contributed by atoms with Crippen LogP contribution in [0.2, 0.25) is 0 Å². The molecule has 3 N–H and O–H groups in total. The van der Waals surface area contributed by atoms with E-state index in [0.29, 0.717) is 6.54 Å². The Balaban J connectivity index is 1.88. The molecule has 1 unspecified atom stereocenters. The molecule has 6 heteroatoms. The normalized spacial score (nSPS) is 11.9. The number of urea groups is 1. The second kappa shape index (κ2) is 7.02. The van der Waals surface area contributed by atoms with Gasteiger partial charge >= 0.3 is 6.03 Å². The van der Waals surface area contributed by atoms with Crippen LogP contribution in [0.5, 0.6) is 0 Å². The molecule has 0 aliphatic carbocycles. The second-order valence-corrected chi connectivity index (χ2v) is 5.27. The first-order valence-electron chi connectivity index (χ1n) is 6.30. The molecule has 1 atom stereocenters. The standard InChI is InChI=1S/C14H17N3O2S/c1-10-13(20-9-16-10)7-15-14(19)17-12(8-18)11-5-3-2-4-6-11/h2-6,9,12,18H,7-8H2,1H3,(H2,15,17,19). The monoisotopic (exact) mass is 291 g/mol. The Bertz CT molecular complexity index is 557. The zero-order chi connectivity index (χ0) is 14.4. The number of aliphatic hydroxyl groups excluding tert-OH is 1. The maximum absolute atomic E-state index is 11.8. The molecular weight excluding hydrogens is 274 g/mol. The van der Waals surface area contributed by atoms with Gasteiger partial charge in [0, 0.05) is 4.88 Å². The molecule has 0 saturated heterocycles. The number of benzene rings is 1. The summed E-state index contributed by atoms with van der Waals surface area (Å²) in [5.41, 5.74) is 3.56. The first-order valence-corrected chi connectivity index (χ1v) is 7.18. The van der Waals surface area contributed by atoms with Gasteiger partial charge in [0.25, 0.3) is 0 Å². The van der Waals surface area contributed by atoms with Crippen molar-refractivity contribution in [2.75, 3.05) is 6.61 Å². The van der Waals surface area contributed by atoms with Gasteiger partial charge < -0.3 is 15.7 Å². The number of aliphatic hydroxyl groups is 1. The van der Waals surface area contributed by atoms with E-state index < -0.39 is 6.04 Å². The summed E-state index contributed by atoms with van der Waals surface area (Å²) in [4.78, 5) is 17.0. The highest BCUT2D eigenvalue weighted by molar-refractivity contribution is 7.09. The lowest BCUT2D eigenvalue weighted by Crippen LogP contribution is -2.38. The van der Waals surface area contributed by atoms with E-state index in [4.69, 9.17) is 0 Å². The van der Waals surface area contributed by atoms with Crippen molar-refractivity contribution in [1.29, 1.82) is 0 Å². The summed E-state index contributed by atoms with van der Waals surface area (Å²) in [5.74, 6) is 0. The van der Waals surface area contributed by atoms with E-state index in [1.807, 2.05) is 37.3 Å². The van der Waals surface area contributed by atoms with E-state index in [-0.39, 0.29) is 12.6 Å². The highest BCUT2D eigenvalue weighted by Gasteiger charge is 2.13. The minimum absolute atomic E-state index is 0.142. The third-order valence-electron chi connectivity index (χ3n) is 2.94. The summed E-state index contributed by atoms with van der Waals surface area (Å²) < 4.78 is 0. The van der Waals surface area contributed by atoms with Crippen molar-refractivity contribution >= 4 is 17.4 Å². The summed E-state index contributed by atoms with van der Waals surface area (Å²) in [5, 5.41) is 14.9. The molecule has 2 aromatic rings. The fraction of sp³-hybridized carbons (Fsp3) is 0.286. The highest BCUT2D eigenvalue weighted by Crippen LogP contribution is 2.13. The number of nitrogens with zero attached hydrogens (tertiary/aromatic N) is 1. The molecule has 0 aliphatic rings. The minimum Gasteiger partial charge on any atom is -0.394 e. The van der Waals surface area contributed by atoms with Crippen LogP contribution < -0.4 is 10.6 Å². The third-order valence-corrected chi connectivity index (χ3v) is 3.88. The van der Waals surface area contributed by atoms with Gasteiger partial charge in [0.2, 0.25) is 0 Å². The molecule has 0 aliphatic heterocycles. The van der Waals surface area contributed by atoms with Crippen LogP contribution in [-0.4, -0.2) is 22.7 Å². The van der Waals surface area contributed by atoms with E-state index in [0.717, 1.165) is 16.1 Å². The van der Waals surface area contributed by atoms with Gasteiger partial charge in [-0.1, -0.05) is 30.3 Å². The van der Waals surface area contributed by atoms with Crippen LogP contribution in [0.1, 0.15) is 22.2 Å². The van der Waals surface area contributed by atoms with Gasteiger partial charge in [-0.25, -0.2) is 9.78 Å². The number of nitrogens with one attached hydrogen (secondary N) is 2. The van der Waals surface area contributed by atoms with Crippen LogP contribution in [0.25, 0.3) is 0 Å². The predicted octanol–water partition coefficient (Wildman–Crippen LogP) is 1.98. The predicted molar refractivity (Wildman–Crippen MR) is 78.5 cm³/mol. The molecule has 106 valence electrons. The lowest BCUT2D eigenvalue weighted by Gasteiger charge is -2.17. The lowest BCUT2D eigenvalue weighted by molar-refractivity contribution is 0.216. The molecule has 0 fully saturated rings. The quantitative estimate of drug-likeness (QED) is 0.788. The van der Waals surface area contributed by atoms with Gasteiger partial charge in [0.05, 0.1) is 30.4 Å². The number of carbonyl (C=O) groups is 1. The molecular formula is C14H17N3O2S. The van der Waals surface area contributed by atoms with Crippen LogP contribution in [0.15, 0.2) is 35.8 Å². The van der Waals surface area contributed by atoms with Crippen LogP contribution in [-0.2, 0) is 6.54 Å². The Labute approximate surface area is 121 Å². The second-order valence-electron chi connectivity index (χ2n) is 4.33. The van der Waals surface area contributed by atoms with Crippen molar-refractivity contribution in [2.24, 2.45) is 0 Å². The molecule has 1 aromatic carbocycles. The summed E-state index contributed by atoms with van der Waals surface area (Å²) >= 11 is 1.51. The first kappa shape index (κ1) is 14.5. The largest absolute Gasteiger partial charge is 0.394 e. The first-order chi connectivity index (χ1) is 9.70. The van der Waals surface area contributed by atoms with Crippen molar-refractivity contribution in [1.82, 2.24) is 15.6 Å². The van der Waals surface area contributed by atoms with Crippen molar-refractivity contribution in [3.63, 3.8) is 0 Å². The molecule has 1 heterocycles. The Hall–Kier alpha value is -1.92. The van der Waals surface area contributed by atoms with Crippen molar-refractivity contribution < 1.29 is 9.90 Å². The smallest absolute Gasteiger partial charge is 0.315 e. The van der Waals surface area contributed by atoms with Gasteiger partial charge in [-0.2, -0.15) is 0 Å². The average Bonchev–Trinajstić information content (AvgIpc) is 2.89. The van der Waals surface area contributed by atoms with Crippen molar-refractivity contribution in [3.05, 3.63) is 52.0 Å². The zero-order valence-electron chi connectivity index (χ0n) is 11.2. The third kappa shape index (κ3) is 3.79.